The van der Waals surface area contributed by atoms with E-state index in [1.54, 1.807) is 0 Å². The Morgan fingerprint density at radius 2 is 1.70 bits per heavy atom. The van der Waals surface area contributed by atoms with E-state index in [9.17, 15) is 9.59 Å². The van der Waals surface area contributed by atoms with Crippen molar-refractivity contribution in [2.24, 2.45) is 0 Å². The van der Waals surface area contributed by atoms with Crippen molar-refractivity contribution in [3.05, 3.63) is 59.8 Å². The van der Waals surface area contributed by atoms with Crippen molar-refractivity contribution in [3.8, 4) is 11.3 Å². The molecular formula is C29H36N6O2. The van der Waals surface area contributed by atoms with Crippen molar-refractivity contribution < 1.29 is 9.59 Å². The van der Waals surface area contributed by atoms with Gasteiger partial charge >= 0.3 is 0 Å². The number of hydrogen-bond acceptors (Lipinski definition) is 4. The van der Waals surface area contributed by atoms with E-state index in [4.69, 9.17) is 0 Å². The van der Waals surface area contributed by atoms with Gasteiger partial charge in [0.1, 0.15) is 0 Å². The second-order valence-electron chi connectivity index (χ2n) is 10.2. The summed E-state index contributed by atoms with van der Waals surface area (Å²) in [6, 6.07) is 13.8. The van der Waals surface area contributed by atoms with Gasteiger partial charge in [0.2, 0.25) is 0 Å². The zero-order valence-electron chi connectivity index (χ0n) is 21.9. The second kappa shape index (κ2) is 10.8. The van der Waals surface area contributed by atoms with Crippen LogP contribution in [-0.4, -0.2) is 84.4 Å². The molecule has 194 valence electrons. The van der Waals surface area contributed by atoms with Crippen molar-refractivity contribution in [1.29, 1.82) is 0 Å². The predicted octanol–water partition coefficient (Wildman–Crippen LogP) is 3.82. The molecule has 4 N–H and O–H groups in total. The molecule has 0 saturated carbocycles. The highest BCUT2D eigenvalue weighted by molar-refractivity contribution is 6.11. The molecule has 1 aliphatic heterocycles. The highest BCUT2D eigenvalue weighted by Crippen LogP contribution is 2.32. The number of aromatic amines is 2. The lowest BCUT2D eigenvalue weighted by molar-refractivity contribution is 0.0939. The van der Waals surface area contributed by atoms with Gasteiger partial charge in [0.05, 0.1) is 22.2 Å². The third-order valence-electron chi connectivity index (χ3n) is 7.50. The molecule has 1 aliphatic rings. The number of carbonyl (C=O) groups excluding carboxylic acids is 2. The van der Waals surface area contributed by atoms with E-state index in [-0.39, 0.29) is 17.9 Å². The van der Waals surface area contributed by atoms with Gasteiger partial charge in [0.25, 0.3) is 11.8 Å². The third-order valence-corrected chi connectivity index (χ3v) is 7.50. The Hall–Kier alpha value is -3.62. The molecule has 2 amide bonds. The van der Waals surface area contributed by atoms with Crippen LogP contribution in [0, 0.1) is 0 Å². The van der Waals surface area contributed by atoms with E-state index < -0.39 is 0 Å². The average molecular weight is 501 g/mol. The Labute approximate surface area is 217 Å². The van der Waals surface area contributed by atoms with E-state index in [0.29, 0.717) is 24.2 Å². The molecule has 8 heteroatoms. The predicted molar refractivity (Wildman–Crippen MR) is 149 cm³/mol. The van der Waals surface area contributed by atoms with Crippen LogP contribution in [-0.2, 0) is 0 Å². The fourth-order valence-electron chi connectivity index (χ4n) is 5.00. The standard InChI is InChI=1S/C29H36N6O2/c1-19(34(2)3)17-32-29(37)23-11-7-9-21-24(18-31-27(21)23)25-16-20-8-6-10-22(26(20)33-25)28(36)30-12-15-35-13-4-5-14-35/h6-11,16,18-19,31,33H,4-5,12-15,17H2,1-3H3,(H,30,36)(H,32,37). The molecule has 0 radical (unpaired) electrons. The van der Waals surface area contributed by atoms with E-state index in [1.807, 2.05) is 56.7 Å². The van der Waals surface area contributed by atoms with Crippen LogP contribution in [0.3, 0.4) is 0 Å². The maximum absolute atomic E-state index is 13.0. The fraction of sp³-hybridized carbons (Fsp3) is 0.379. The third kappa shape index (κ3) is 5.26. The number of H-pyrrole nitrogens is 2. The summed E-state index contributed by atoms with van der Waals surface area (Å²) >= 11 is 0. The lowest BCUT2D eigenvalue weighted by Crippen LogP contribution is -2.38. The van der Waals surface area contributed by atoms with Gasteiger partial charge in [-0.05, 0) is 65.1 Å². The summed E-state index contributed by atoms with van der Waals surface area (Å²) in [6.07, 6.45) is 4.41. The summed E-state index contributed by atoms with van der Waals surface area (Å²) < 4.78 is 0. The summed E-state index contributed by atoms with van der Waals surface area (Å²) in [4.78, 5) is 37.2. The quantitative estimate of drug-likeness (QED) is 0.281. The van der Waals surface area contributed by atoms with Crippen molar-refractivity contribution in [2.45, 2.75) is 25.8 Å². The van der Waals surface area contributed by atoms with Crippen LogP contribution in [0.5, 0.6) is 0 Å². The molecule has 8 nitrogen and oxygen atoms in total. The molecular weight excluding hydrogens is 464 g/mol. The number of amides is 2. The van der Waals surface area contributed by atoms with Crippen LogP contribution in [0.25, 0.3) is 33.1 Å². The molecule has 1 saturated heterocycles. The van der Waals surface area contributed by atoms with Gasteiger partial charge in [-0.15, -0.1) is 0 Å². The number of nitrogens with one attached hydrogen (secondary N) is 4. The van der Waals surface area contributed by atoms with Gasteiger partial charge in [0, 0.05) is 53.9 Å². The topological polar surface area (TPSA) is 96.3 Å². The first-order valence-electron chi connectivity index (χ1n) is 13.1. The Morgan fingerprint density at radius 3 is 2.46 bits per heavy atom. The number of fused-ring (bicyclic) bond motifs is 2. The van der Waals surface area contributed by atoms with Crippen molar-refractivity contribution in [1.82, 2.24) is 30.4 Å². The molecule has 4 aromatic rings. The number of likely N-dealkylation sites (N-methyl/N-ethyl adjacent to an activating group) is 1. The molecule has 2 aromatic carbocycles. The summed E-state index contributed by atoms with van der Waals surface area (Å²) in [6.45, 7) is 6.41. The van der Waals surface area contributed by atoms with Gasteiger partial charge in [-0.3, -0.25) is 9.59 Å². The molecule has 2 aromatic heterocycles. The second-order valence-corrected chi connectivity index (χ2v) is 10.2. The lowest BCUT2D eigenvalue weighted by Gasteiger charge is -2.20. The smallest absolute Gasteiger partial charge is 0.253 e. The molecule has 1 fully saturated rings. The van der Waals surface area contributed by atoms with Crippen LogP contribution < -0.4 is 10.6 Å². The zero-order chi connectivity index (χ0) is 25.9. The highest BCUT2D eigenvalue weighted by atomic mass is 16.2. The minimum Gasteiger partial charge on any atom is -0.360 e. The molecule has 1 atom stereocenters. The SMILES string of the molecule is CC(CNC(=O)c1cccc2c(-c3cc4cccc(C(=O)NCCN5CCCC5)c4[nH]3)c[nH]c12)N(C)C. The van der Waals surface area contributed by atoms with Crippen LogP contribution in [0.2, 0.25) is 0 Å². The molecule has 3 heterocycles. The van der Waals surface area contributed by atoms with E-state index in [0.717, 1.165) is 52.7 Å². The minimum absolute atomic E-state index is 0.0666. The van der Waals surface area contributed by atoms with Gasteiger partial charge in [-0.25, -0.2) is 0 Å². The Balaban J connectivity index is 1.38. The van der Waals surface area contributed by atoms with E-state index >= 15 is 0 Å². The van der Waals surface area contributed by atoms with Gasteiger partial charge in [-0.1, -0.05) is 24.3 Å². The van der Waals surface area contributed by atoms with E-state index in [2.05, 4.69) is 43.4 Å². The van der Waals surface area contributed by atoms with Gasteiger partial charge in [-0.2, -0.15) is 0 Å². The van der Waals surface area contributed by atoms with Crippen LogP contribution >= 0.6 is 0 Å². The first kappa shape index (κ1) is 25.0. The average Bonchev–Trinajstić information content (AvgIpc) is 3.65. The summed E-state index contributed by atoms with van der Waals surface area (Å²) in [5.41, 5.74) is 4.73. The number of aromatic nitrogens is 2. The first-order valence-corrected chi connectivity index (χ1v) is 13.1. The minimum atomic E-state index is -0.0998. The molecule has 0 aliphatic carbocycles. The molecule has 0 spiro atoms. The summed E-state index contributed by atoms with van der Waals surface area (Å²) in [7, 11) is 4.00. The number of nitrogens with zero attached hydrogens (tertiary/aromatic N) is 2. The zero-order valence-corrected chi connectivity index (χ0v) is 21.9. The molecule has 1 unspecified atom stereocenters. The Bertz CT molecular complexity index is 1410. The van der Waals surface area contributed by atoms with Gasteiger partial charge < -0.3 is 30.4 Å². The van der Waals surface area contributed by atoms with Crippen molar-refractivity contribution in [2.75, 3.05) is 46.8 Å². The molecule has 0 bridgehead atoms. The van der Waals surface area contributed by atoms with Crippen LogP contribution in [0.1, 0.15) is 40.5 Å². The van der Waals surface area contributed by atoms with Crippen molar-refractivity contribution in [3.63, 3.8) is 0 Å². The maximum atomic E-state index is 13.0. The Morgan fingerprint density at radius 1 is 1.00 bits per heavy atom. The summed E-state index contributed by atoms with van der Waals surface area (Å²) in [5.74, 6) is -0.166. The highest BCUT2D eigenvalue weighted by Gasteiger charge is 2.18. The number of hydrogen-bond donors (Lipinski definition) is 4. The fourth-order valence-corrected chi connectivity index (χ4v) is 5.00. The van der Waals surface area contributed by atoms with Crippen molar-refractivity contribution >= 4 is 33.6 Å². The largest absolute Gasteiger partial charge is 0.360 e. The normalized spacial score (nSPS) is 15.0. The number of para-hydroxylation sites is 2. The monoisotopic (exact) mass is 500 g/mol. The first-order chi connectivity index (χ1) is 17.9. The number of carbonyl (C=O) groups is 2. The lowest BCUT2D eigenvalue weighted by atomic mass is 10.1. The number of likely N-dealkylation sites (tertiary alicyclic amines) is 1. The maximum Gasteiger partial charge on any atom is 0.253 e. The van der Waals surface area contributed by atoms with Crippen LogP contribution in [0.15, 0.2) is 48.7 Å². The molecule has 5 rings (SSSR count). The number of rotatable bonds is 9. The Kier molecular flexibility index (Phi) is 7.30. The summed E-state index contributed by atoms with van der Waals surface area (Å²) in [5, 5.41) is 8.06. The van der Waals surface area contributed by atoms with Crippen LogP contribution in [0.4, 0.5) is 0 Å². The number of benzene rings is 2. The van der Waals surface area contributed by atoms with E-state index in [1.165, 1.54) is 12.8 Å². The molecule has 37 heavy (non-hydrogen) atoms. The van der Waals surface area contributed by atoms with Gasteiger partial charge in [0.15, 0.2) is 0 Å².